The standard InChI is InChI=1S/C40H55FN4O7S/c1-28-11-13-35(46)27-38(47)52-39(29(2)12-14-37(28)51-40(48)44-21-19-42(4)20-22-44)30(3)23-31-24-32(41)26-34(25-31)43(5)33-15-17-45(18-16-33)53(49,50)36-9-7-6-8-10-36/h6-10,12,14,23-26,28-29,33,35,37,39,46H,11,13,15-22,27H2,1-5H3/b14-12+,30-23+/t28-,29-,35+,37+,39-/m0/s1. The maximum atomic E-state index is 15.2. The van der Waals surface area contributed by atoms with Gasteiger partial charge in [-0.2, -0.15) is 4.31 Å². The summed E-state index contributed by atoms with van der Waals surface area (Å²) in [4.78, 5) is 32.3. The summed E-state index contributed by atoms with van der Waals surface area (Å²) in [5.74, 6) is -1.39. The van der Waals surface area contributed by atoms with Gasteiger partial charge < -0.3 is 29.3 Å². The van der Waals surface area contributed by atoms with Gasteiger partial charge in [0, 0.05) is 64.0 Å². The number of carbonyl (C=O) groups is 2. The van der Waals surface area contributed by atoms with Crippen molar-refractivity contribution in [2.75, 3.05) is 58.3 Å². The van der Waals surface area contributed by atoms with E-state index in [2.05, 4.69) is 4.90 Å². The number of esters is 1. The summed E-state index contributed by atoms with van der Waals surface area (Å²) < 4.78 is 55.0. The van der Waals surface area contributed by atoms with Crippen LogP contribution in [0.2, 0.25) is 0 Å². The topological polar surface area (TPSA) is 120 Å². The van der Waals surface area contributed by atoms with Gasteiger partial charge in [0.2, 0.25) is 10.0 Å². The number of halogens is 1. The molecule has 5 atom stereocenters. The molecule has 0 aromatic heterocycles. The second kappa shape index (κ2) is 18.0. The van der Waals surface area contributed by atoms with Gasteiger partial charge in [0.05, 0.1) is 17.4 Å². The predicted molar refractivity (Wildman–Crippen MR) is 203 cm³/mol. The number of hydrogen-bond donors (Lipinski definition) is 1. The zero-order chi connectivity index (χ0) is 38.3. The largest absolute Gasteiger partial charge is 0.457 e. The molecule has 0 spiro atoms. The van der Waals surface area contributed by atoms with Crippen LogP contribution in [-0.4, -0.2) is 117 Å². The smallest absolute Gasteiger partial charge is 0.410 e. The van der Waals surface area contributed by atoms with Gasteiger partial charge in [-0.25, -0.2) is 17.6 Å². The number of carbonyl (C=O) groups excluding carboxylic acids is 2. The molecule has 13 heteroatoms. The first-order chi connectivity index (χ1) is 25.2. The van der Waals surface area contributed by atoms with Crippen LogP contribution in [0.25, 0.3) is 6.08 Å². The van der Waals surface area contributed by atoms with E-state index in [1.165, 1.54) is 16.4 Å². The molecule has 2 saturated heterocycles. The van der Waals surface area contributed by atoms with Crippen LogP contribution >= 0.6 is 0 Å². The first kappa shape index (κ1) is 40.4. The average molecular weight is 755 g/mol. The lowest BCUT2D eigenvalue weighted by atomic mass is 9.91. The Balaban J connectivity index is 1.31. The number of amides is 1. The molecule has 290 valence electrons. The third-order valence-corrected chi connectivity index (χ3v) is 12.7. The quantitative estimate of drug-likeness (QED) is 0.287. The summed E-state index contributed by atoms with van der Waals surface area (Å²) in [5, 5.41) is 10.7. The van der Waals surface area contributed by atoms with Crippen molar-refractivity contribution in [3.8, 4) is 0 Å². The lowest BCUT2D eigenvalue weighted by Gasteiger charge is -2.37. The van der Waals surface area contributed by atoms with Crippen LogP contribution in [-0.2, 0) is 24.3 Å². The van der Waals surface area contributed by atoms with Crippen molar-refractivity contribution in [3.05, 3.63) is 77.6 Å². The van der Waals surface area contributed by atoms with Crippen LogP contribution in [0.3, 0.4) is 0 Å². The average Bonchev–Trinajstić information content (AvgIpc) is 3.14. The Morgan fingerprint density at radius 3 is 2.34 bits per heavy atom. The Morgan fingerprint density at radius 2 is 1.66 bits per heavy atom. The highest BCUT2D eigenvalue weighted by Crippen LogP contribution is 2.30. The maximum absolute atomic E-state index is 15.2. The first-order valence-electron chi connectivity index (χ1n) is 18.7. The van der Waals surface area contributed by atoms with Crippen LogP contribution < -0.4 is 4.90 Å². The predicted octanol–water partition coefficient (Wildman–Crippen LogP) is 5.56. The number of hydrogen-bond acceptors (Lipinski definition) is 9. The third kappa shape index (κ3) is 10.7. The second-order valence-corrected chi connectivity index (χ2v) is 16.8. The lowest BCUT2D eigenvalue weighted by Crippen LogP contribution is -2.48. The van der Waals surface area contributed by atoms with Crippen LogP contribution in [0.4, 0.5) is 14.9 Å². The van der Waals surface area contributed by atoms with E-state index in [4.69, 9.17) is 9.47 Å². The molecule has 3 heterocycles. The Bertz CT molecular complexity index is 1720. The molecule has 1 amide bonds. The molecule has 0 bridgehead atoms. The zero-order valence-electron chi connectivity index (χ0n) is 31.6. The summed E-state index contributed by atoms with van der Waals surface area (Å²) in [5.41, 5.74) is 1.92. The van der Waals surface area contributed by atoms with Gasteiger partial charge in [-0.3, -0.25) is 4.79 Å². The Labute approximate surface area is 314 Å². The lowest BCUT2D eigenvalue weighted by molar-refractivity contribution is -0.151. The third-order valence-electron chi connectivity index (χ3n) is 10.8. The number of cyclic esters (lactones) is 1. The molecule has 0 aliphatic carbocycles. The molecule has 3 aliphatic heterocycles. The van der Waals surface area contributed by atoms with Crippen molar-refractivity contribution < 1.29 is 37.0 Å². The Hall–Kier alpha value is -3.78. The number of sulfonamides is 1. The van der Waals surface area contributed by atoms with Crippen molar-refractivity contribution in [1.29, 1.82) is 0 Å². The van der Waals surface area contributed by atoms with Crippen molar-refractivity contribution in [2.24, 2.45) is 11.8 Å². The molecule has 2 aromatic carbocycles. The minimum absolute atomic E-state index is 0.00138. The number of anilines is 1. The van der Waals surface area contributed by atoms with Crippen molar-refractivity contribution in [2.45, 2.75) is 82.1 Å². The molecule has 1 N–H and O–H groups in total. The highest BCUT2D eigenvalue weighted by molar-refractivity contribution is 7.89. The normalized spacial score (nSPS) is 26.9. The number of piperazine rings is 1. The minimum atomic E-state index is -3.59. The van der Waals surface area contributed by atoms with E-state index in [1.54, 1.807) is 41.3 Å². The first-order valence-corrected chi connectivity index (χ1v) is 20.1. The summed E-state index contributed by atoms with van der Waals surface area (Å²) in [6.45, 7) is 9.16. The highest BCUT2D eigenvalue weighted by Gasteiger charge is 2.32. The van der Waals surface area contributed by atoms with E-state index < -0.39 is 40.1 Å². The number of likely N-dealkylation sites (N-methyl/N-ethyl adjacent to an activating group) is 1. The summed E-state index contributed by atoms with van der Waals surface area (Å²) in [6, 6.07) is 13.2. The fourth-order valence-electron chi connectivity index (χ4n) is 7.28. The molecule has 3 aliphatic rings. The van der Waals surface area contributed by atoms with E-state index in [1.807, 2.05) is 58.0 Å². The van der Waals surface area contributed by atoms with Gasteiger partial charge in [0.15, 0.2) is 0 Å². The van der Waals surface area contributed by atoms with Crippen LogP contribution in [0, 0.1) is 17.7 Å². The second-order valence-electron chi connectivity index (χ2n) is 14.9. The van der Waals surface area contributed by atoms with Gasteiger partial charge in [0.25, 0.3) is 0 Å². The van der Waals surface area contributed by atoms with Gasteiger partial charge in [0.1, 0.15) is 18.0 Å². The highest BCUT2D eigenvalue weighted by atomic mass is 32.2. The van der Waals surface area contributed by atoms with Crippen molar-refractivity contribution in [3.63, 3.8) is 0 Å². The molecule has 2 fully saturated rings. The monoisotopic (exact) mass is 754 g/mol. The molecule has 2 aromatic rings. The van der Waals surface area contributed by atoms with Gasteiger partial charge in [-0.05, 0) is 93.1 Å². The SMILES string of the molecule is C/C(=C\c1cc(F)cc(N(C)C2CCN(S(=O)(=O)c3ccccc3)CC2)c1)[C@H]1OC(=O)C[C@H](O)CC[C@H](C)[C@H](OC(=O)N2CCN(C)CC2)/C=C/[C@@H]1C. The molecular formula is C40H55FN4O7S. The molecule has 53 heavy (non-hydrogen) atoms. The van der Waals surface area contributed by atoms with E-state index in [0.29, 0.717) is 68.7 Å². The molecule has 0 radical (unpaired) electrons. The molecule has 11 nitrogen and oxygen atoms in total. The number of ether oxygens (including phenoxy) is 2. The molecule has 0 saturated carbocycles. The Morgan fingerprint density at radius 1 is 0.981 bits per heavy atom. The van der Waals surface area contributed by atoms with Crippen molar-refractivity contribution in [1.82, 2.24) is 14.1 Å². The van der Waals surface area contributed by atoms with Gasteiger partial charge in [-0.1, -0.05) is 44.2 Å². The molecule has 5 rings (SSSR count). The summed E-state index contributed by atoms with van der Waals surface area (Å²) >= 11 is 0. The maximum Gasteiger partial charge on any atom is 0.410 e. The van der Waals surface area contributed by atoms with Crippen LogP contribution in [0.5, 0.6) is 0 Å². The minimum Gasteiger partial charge on any atom is -0.457 e. The van der Waals surface area contributed by atoms with Crippen molar-refractivity contribution >= 4 is 33.8 Å². The number of nitrogens with zero attached hydrogens (tertiary/aromatic N) is 4. The number of aliphatic hydroxyl groups excluding tert-OH is 1. The fourth-order valence-corrected chi connectivity index (χ4v) is 8.77. The van der Waals surface area contributed by atoms with E-state index >= 15 is 4.39 Å². The fraction of sp³-hybridized carbons (Fsp3) is 0.550. The van der Waals surface area contributed by atoms with E-state index in [9.17, 15) is 23.1 Å². The number of piperidine rings is 1. The summed E-state index contributed by atoms with van der Waals surface area (Å²) in [7, 11) is 0.324. The zero-order valence-corrected chi connectivity index (χ0v) is 32.4. The van der Waals surface area contributed by atoms with Gasteiger partial charge >= 0.3 is 12.1 Å². The number of aliphatic hydroxyl groups is 1. The molecular weight excluding hydrogens is 700 g/mol. The van der Waals surface area contributed by atoms with E-state index in [-0.39, 0.29) is 35.3 Å². The number of benzene rings is 2. The Kier molecular flexibility index (Phi) is 13.7. The van der Waals surface area contributed by atoms with Crippen LogP contribution in [0.1, 0.15) is 58.4 Å². The molecule has 0 unspecified atom stereocenters. The number of rotatable bonds is 7. The van der Waals surface area contributed by atoms with Gasteiger partial charge in [-0.15, -0.1) is 0 Å². The van der Waals surface area contributed by atoms with E-state index in [0.717, 1.165) is 13.1 Å². The van der Waals surface area contributed by atoms with Crippen LogP contribution in [0.15, 0.2) is 71.2 Å². The summed E-state index contributed by atoms with van der Waals surface area (Å²) in [6.07, 6.45) is 4.93.